The second kappa shape index (κ2) is 5.62. The number of Topliss-reactive ketones (excluding diaryl/α,β-unsaturated/α-hetero) is 2. The van der Waals surface area contributed by atoms with Crippen LogP contribution >= 0.6 is 0 Å². The maximum Gasteiger partial charge on any atom is 0.183 e. The first-order valence-electron chi connectivity index (χ1n) is 6.51. The van der Waals surface area contributed by atoms with Crippen molar-refractivity contribution < 1.29 is 9.59 Å². The van der Waals surface area contributed by atoms with E-state index in [1.165, 1.54) is 6.20 Å². The predicted molar refractivity (Wildman–Crippen MR) is 76.0 cm³/mol. The number of aromatic nitrogens is 4. The Morgan fingerprint density at radius 3 is 2.76 bits per heavy atom. The summed E-state index contributed by atoms with van der Waals surface area (Å²) < 4.78 is 0. The molecule has 1 N–H and O–H groups in total. The van der Waals surface area contributed by atoms with Crippen LogP contribution in [0, 0.1) is 0 Å². The van der Waals surface area contributed by atoms with Crippen molar-refractivity contribution >= 4 is 22.5 Å². The lowest BCUT2D eigenvalue weighted by Crippen LogP contribution is -2.07. The monoisotopic (exact) mass is 280 g/mol. The summed E-state index contributed by atoms with van der Waals surface area (Å²) in [7, 11) is 0. The lowest BCUT2D eigenvalue weighted by Gasteiger charge is -2.01. The average Bonchev–Trinajstić information content (AvgIpc) is 3.00. The summed E-state index contributed by atoms with van der Waals surface area (Å²) >= 11 is 0. The number of hydrogen-bond acceptors (Lipinski definition) is 5. The SMILES string of the molecule is O=C(CCC(=O)c1cccnn1)c1ccc2[nH]ncc2c1. The second-order valence-corrected chi connectivity index (χ2v) is 4.63. The molecule has 1 aromatic carbocycles. The third-order valence-corrected chi connectivity index (χ3v) is 3.20. The summed E-state index contributed by atoms with van der Waals surface area (Å²) in [5.41, 5.74) is 1.74. The van der Waals surface area contributed by atoms with Gasteiger partial charge in [0.25, 0.3) is 0 Å². The normalized spacial score (nSPS) is 10.7. The minimum absolute atomic E-state index is 0.0738. The Bertz CT molecular complexity index is 796. The molecule has 21 heavy (non-hydrogen) atoms. The molecule has 0 radical (unpaired) electrons. The van der Waals surface area contributed by atoms with E-state index in [2.05, 4.69) is 20.4 Å². The molecular formula is C15H12N4O2. The fourth-order valence-corrected chi connectivity index (χ4v) is 2.07. The third-order valence-electron chi connectivity index (χ3n) is 3.20. The number of fused-ring (bicyclic) bond motifs is 1. The lowest BCUT2D eigenvalue weighted by atomic mass is 10.0. The van der Waals surface area contributed by atoms with Crippen molar-refractivity contribution in [2.45, 2.75) is 12.8 Å². The first-order valence-corrected chi connectivity index (χ1v) is 6.51. The van der Waals surface area contributed by atoms with E-state index < -0.39 is 0 Å². The van der Waals surface area contributed by atoms with Crippen molar-refractivity contribution in [3.05, 3.63) is 54.0 Å². The standard InChI is InChI=1S/C15H12N4O2/c20-14(5-6-15(21)13-2-1-7-16-19-13)10-3-4-12-11(8-10)9-17-18-12/h1-4,7-9H,5-6H2,(H,17,18). The van der Waals surface area contributed by atoms with Crippen molar-refractivity contribution in [1.82, 2.24) is 20.4 Å². The number of carbonyl (C=O) groups is 2. The van der Waals surface area contributed by atoms with Gasteiger partial charge in [0.2, 0.25) is 0 Å². The molecule has 0 aliphatic rings. The molecule has 2 aromatic heterocycles. The quantitative estimate of drug-likeness (QED) is 0.724. The molecular weight excluding hydrogens is 268 g/mol. The van der Waals surface area contributed by atoms with E-state index in [0.717, 1.165) is 10.9 Å². The van der Waals surface area contributed by atoms with Crippen LogP contribution in [0.4, 0.5) is 0 Å². The highest BCUT2D eigenvalue weighted by atomic mass is 16.1. The van der Waals surface area contributed by atoms with Gasteiger partial charge in [-0.2, -0.15) is 10.2 Å². The molecule has 3 rings (SSSR count). The van der Waals surface area contributed by atoms with Crippen LogP contribution in [0.5, 0.6) is 0 Å². The van der Waals surface area contributed by atoms with Gasteiger partial charge in [0.05, 0.1) is 11.7 Å². The number of H-pyrrole nitrogens is 1. The number of hydrogen-bond donors (Lipinski definition) is 1. The van der Waals surface area contributed by atoms with E-state index in [-0.39, 0.29) is 30.1 Å². The maximum atomic E-state index is 12.1. The second-order valence-electron chi connectivity index (χ2n) is 4.63. The van der Waals surface area contributed by atoms with Gasteiger partial charge in [0, 0.05) is 30.0 Å². The number of benzene rings is 1. The molecule has 0 spiro atoms. The van der Waals surface area contributed by atoms with Crippen LogP contribution in [-0.2, 0) is 0 Å². The molecule has 0 saturated heterocycles. The Kier molecular flexibility index (Phi) is 3.51. The maximum absolute atomic E-state index is 12.1. The summed E-state index contributed by atoms with van der Waals surface area (Å²) in [5.74, 6) is -0.254. The summed E-state index contributed by atoms with van der Waals surface area (Å²) in [4.78, 5) is 24.0. The van der Waals surface area contributed by atoms with Gasteiger partial charge in [-0.3, -0.25) is 14.7 Å². The molecule has 0 unspecified atom stereocenters. The number of aromatic amines is 1. The average molecular weight is 280 g/mol. The number of rotatable bonds is 5. The van der Waals surface area contributed by atoms with Gasteiger partial charge >= 0.3 is 0 Å². The molecule has 0 aliphatic heterocycles. The highest BCUT2D eigenvalue weighted by Crippen LogP contribution is 2.15. The highest BCUT2D eigenvalue weighted by Gasteiger charge is 2.12. The molecule has 3 aromatic rings. The minimum atomic E-state index is -0.180. The molecule has 6 heteroatoms. The molecule has 6 nitrogen and oxygen atoms in total. The van der Waals surface area contributed by atoms with Gasteiger partial charge in [-0.1, -0.05) is 0 Å². The topological polar surface area (TPSA) is 88.6 Å². The van der Waals surface area contributed by atoms with Crippen molar-refractivity contribution in [1.29, 1.82) is 0 Å². The molecule has 0 atom stereocenters. The smallest absolute Gasteiger partial charge is 0.183 e. The highest BCUT2D eigenvalue weighted by molar-refractivity contribution is 6.02. The first-order chi connectivity index (χ1) is 10.2. The van der Waals surface area contributed by atoms with Crippen molar-refractivity contribution in [2.24, 2.45) is 0 Å². The Hall–Kier alpha value is -2.89. The van der Waals surface area contributed by atoms with Gasteiger partial charge in [-0.25, -0.2) is 0 Å². The summed E-state index contributed by atoms with van der Waals surface area (Å²) in [6.45, 7) is 0. The summed E-state index contributed by atoms with van der Waals surface area (Å²) in [6.07, 6.45) is 3.44. The predicted octanol–water partition coefficient (Wildman–Crippen LogP) is 2.20. The molecule has 104 valence electrons. The largest absolute Gasteiger partial charge is 0.294 e. The number of ketones is 2. The number of nitrogens with zero attached hydrogens (tertiary/aromatic N) is 3. The van der Waals surface area contributed by atoms with Crippen LogP contribution < -0.4 is 0 Å². The van der Waals surface area contributed by atoms with Gasteiger partial charge in [-0.05, 0) is 30.3 Å². The lowest BCUT2D eigenvalue weighted by molar-refractivity contribution is 0.0914. The van der Waals surface area contributed by atoms with Crippen LogP contribution in [0.3, 0.4) is 0 Å². The Labute approximate surface area is 120 Å². The Morgan fingerprint density at radius 1 is 1.10 bits per heavy atom. The van der Waals surface area contributed by atoms with Crippen molar-refractivity contribution in [2.75, 3.05) is 0 Å². The first kappa shape index (κ1) is 13.1. The fraction of sp³-hybridized carbons (Fsp3) is 0.133. The summed E-state index contributed by atoms with van der Waals surface area (Å²) in [6, 6.07) is 8.55. The van der Waals surface area contributed by atoms with Crippen molar-refractivity contribution in [3.8, 4) is 0 Å². The van der Waals surface area contributed by atoms with Crippen LogP contribution in [0.25, 0.3) is 10.9 Å². The zero-order valence-corrected chi connectivity index (χ0v) is 11.1. The van der Waals surface area contributed by atoms with E-state index in [4.69, 9.17) is 0 Å². The molecule has 2 heterocycles. The molecule has 0 fully saturated rings. The fourth-order valence-electron chi connectivity index (χ4n) is 2.07. The molecule has 0 saturated carbocycles. The van der Waals surface area contributed by atoms with E-state index in [1.54, 1.807) is 36.5 Å². The van der Waals surface area contributed by atoms with Gasteiger partial charge in [-0.15, -0.1) is 5.10 Å². The van der Waals surface area contributed by atoms with Gasteiger partial charge in [0.1, 0.15) is 5.69 Å². The Morgan fingerprint density at radius 2 is 1.95 bits per heavy atom. The van der Waals surface area contributed by atoms with E-state index >= 15 is 0 Å². The molecule has 0 bridgehead atoms. The Balaban J connectivity index is 1.67. The van der Waals surface area contributed by atoms with Crippen LogP contribution in [0.15, 0.2) is 42.7 Å². The van der Waals surface area contributed by atoms with E-state index in [9.17, 15) is 9.59 Å². The zero-order chi connectivity index (χ0) is 14.7. The van der Waals surface area contributed by atoms with Crippen LogP contribution in [-0.4, -0.2) is 32.0 Å². The van der Waals surface area contributed by atoms with Crippen molar-refractivity contribution in [3.63, 3.8) is 0 Å². The third kappa shape index (κ3) is 2.84. The van der Waals surface area contributed by atoms with Gasteiger partial charge in [0.15, 0.2) is 11.6 Å². The minimum Gasteiger partial charge on any atom is -0.294 e. The van der Waals surface area contributed by atoms with Crippen LogP contribution in [0.1, 0.15) is 33.7 Å². The zero-order valence-electron chi connectivity index (χ0n) is 11.1. The number of carbonyl (C=O) groups excluding carboxylic acids is 2. The van der Waals surface area contributed by atoms with Gasteiger partial charge < -0.3 is 0 Å². The molecule has 0 amide bonds. The van der Waals surface area contributed by atoms with E-state index in [0.29, 0.717) is 5.56 Å². The molecule has 0 aliphatic carbocycles. The van der Waals surface area contributed by atoms with E-state index in [1.807, 2.05) is 0 Å². The number of nitrogens with one attached hydrogen (secondary N) is 1. The van der Waals surface area contributed by atoms with Crippen LogP contribution in [0.2, 0.25) is 0 Å². The summed E-state index contributed by atoms with van der Waals surface area (Å²) in [5, 5.41) is 15.0.